The zero-order chi connectivity index (χ0) is 18.5. The molecule has 1 aliphatic rings. The van der Waals surface area contributed by atoms with Crippen molar-refractivity contribution >= 4 is 29.5 Å². The summed E-state index contributed by atoms with van der Waals surface area (Å²) in [6, 6.07) is 7.86. The zero-order valence-corrected chi connectivity index (χ0v) is 15.6. The van der Waals surface area contributed by atoms with Gasteiger partial charge < -0.3 is 25.6 Å². The molecule has 0 bridgehead atoms. The highest BCUT2D eigenvalue weighted by Crippen LogP contribution is 2.29. The first-order chi connectivity index (χ1) is 12.6. The Kier molecular flexibility index (Phi) is 5.58. The molecule has 0 saturated carbocycles. The van der Waals surface area contributed by atoms with Crippen molar-refractivity contribution in [1.82, 2.24) is 15.3 Å². The van der Waals surface area contributed by atoms with E-state index in [0.29, 0.717) is 11.5 Å². The summed E-state index contributed by atoms with van der Waals surface area (Å²) in [5.41, 5.74) is 8.04. The fraction of sp³-hybridized carbons (Fsp3) is 0.368. The molecule has 1 aromatic heterocycles. The number of anilines is 3. The predicted molar refractivity (Wildman–Crippen MR) is 108 cm³/mol. The molecular formula is C19H26N6O. The molecule has 0 aliphatic carbocycles. The topological polar surface area (TPSA) is 79.5 Å². The number of methoxy groups -OCH3 is 1. The second-order valence-corrected chi connectivity index (χ2v) is 6.38. The Labute approximate surface area is 154 Å². The minimum atomic E-state index is 0.624. The van der Waals surface area contributed by atoms with Gasteiger partial charge in [-0.2, -0.15) is 0 Å². The lowest BCUT2D eigenvalue weighted by molar-refractivity contribution is 0.415. The molecule has 0 spiro atoms. The van der Waals surface area contributed by atoms with Crippen molar-refractivity contribution in [3.05, 3.63) is 35.7 Å². The standard InChI is InChI=1S/C19H26N6O/c1-24(2)18-17(20)19(25-12-10-21-11-13-25)23-16(22-18)9-6-14-4-7-15(26-3)8-5-14/h4-9,21H,10-13,20H2,1-3H3. The molecule has 1 aliphatic heterocycles. The van der Waals surface area contributed by atoms with Gasteiger partial charge in [-0.3, -0.25) is 0 Å². The van der Waals surface area contributed by atoms with Crippen molar-refractivity contribution in [3.8, 4) is 5.75 Å². The summed E-state index contributed by atoms with van der Waals surface area (Å²) in [4.78, 5) is 13.5. The summed E-state index contributed by atoms with van der Waals surface area (Å²) in [5.74, 6) is 3.02. The van der Waals surface area contributed by atoms with Crippen molar-refractivity contribution < 1.29 is 4.74 Å². The van der Waals surface area contributed by atoms with Crippen LogP contribution in [0.5, 0.6) is 5.75 Å². The van der Waals surface area contributed by atoms with Gasteiger partial charge in [0.25, 0.3) is 0 Å². The van der Waals surface area contributed by atoms with Crippen LogP contribution in [-0.2, 0) is 0 Å². The third-order valence-corrected chi connectivity index (χ3v) is 4.30. The zero-order valence-electron chi connectivity index (χ0n) is 15.6. The fourth-order valence-corrected chi connectivity index (χ4v) is 2.88. The van der Waals surface area contributed by atoms with E-state index in [0.717, 1.165) is 49.1 Å². The van der Waals surface area contributed by atoms with Crippen LogP contribution in [0.15, 0.2) is 24.3 Å². The second kappa shape index (κ2) is 8.05. The fourth-order valence-electron chi connectivity index (χ4n) is 2.88. The molecule has 1 aromatic carbocycles. The number of ether oxygens (including phenoxy) is 1. The Bertz CT molecular complexity index is 766. The monoisotopic (exact) mass is 354 g/mol. The van der Waals surface area contributed by atoms with E-state index in [1.54, 1.807) is 7.11 Å². The SMILES string of the molecule is COc1ccc(C=Cc2nc(N(C)C)c(N)c(N3CCNCC3)n2)cc1. The highest BCUT2D eigenvalue weighted by Gasteiger charge is 2.19. The number of hydrogen-bond acceptors (Lipinski definition) is 7. The number of piperazine rings is 1. The van der Waals surface area contributed by atoms with Gasteiger partial charge in [-0.25, -0.2) is 9.97 Å². The molecule has 7 nitrogen and oxygen atoms in total. The highest BCUT2D eigenvalue weighted by molar-refractivity contribution is 5.78. The number of aromatic nitrogens is 2. The summed E-state index contributed by atoms with van der Waals surface area (Å²) < 4.78 is 5.19. The van der Waals surface area contributed by atoms with Crippen LogP contribution < -0.4 is 25.6 Å². The Balaban J connectivity index is 1.92. The summed E-state index contributed by atoms with van der Waals surface area (Å²) in [6.45, 7) is 3.63. The van der Waals surface area contributed by atoms with Gasteiger partial charge in [0.05, 0.1) is 7.11 Å². The molecule has 0 radical (unpaired) electrons. The molecule has 0 amide bonds. The van der Waals surface area contributed by atoms with E-state index in [9.17, 15) is 0 Å². The van der Waals surface area contributed by atoms with E-state index < -0.39 is 0 Å². The molecule has 0 atom stereocenters. The minimum absolute atomic E-state index is 0.624. The lowest BCUT2D eigenvalue weighted by Gasteiger charge is -2.30. The number of rotatable bonds is 5. The van der Waals surface area contributed by atoms with Crippen LogP contribution in [0.25, 0.3) is 12.2 Å². The van der Waals surface area contributed by atoms with Gasteiger partial charge >= 0.3 is 0 Å². The first kappa shape index (κ1) is 18.0. The highest BCUT2D eigenvalue weighted by atomic mass is 16.5. The Morgan fingerprint density at radius 2 is 1.81 bits per heavy atom. The molecule has 0 unspecified atom stereocenters. The molecule has 26 heavy (non-hydrogen) atoms. The number of nitrogen functional groups attached to an aromatic ring is 1. The van der Waals surface area contributed by atoms with Gasteiger partial charge in [0, 0.05) is 40.3 Å². The van der Waals surface area contributed by atoms with Gasteiger partial charge in [0.15, 0.2) is 17.5 Å². The van der Waals surface area contributed by atoms with Crippen molar-refractivity contribution in [3.63, 3.8) is 0 Å². The molecule has 138 valence electrons. The van der Waals surface area contributed by atoms with Gasteiger partial charge in [0.1, 0.15) is 11.4 Å². The lowest BCUT2D eigenvalue weighted by Crippen LogP contribution is -2.44. The summed E-state index contributed by atoms with van der Waals surface area (Å²) >= 11 is 0. The van der Waals surface area contributed by atoms with Crippen LogP contribution in [-0.4, -0.2) is 57.4 Å². The quantitative estimate of drug-likeness (QED) is 0.846. The molecule has 2 heterocycles. The molecule has 1 fully saturated rings. The van der Waals surface area contributed by atoms with Gasteiger partial charge in [-0.15, -0.1) is 0 Å². The lowest BCUT2D eigenvalue weighted by atomic mass is 10.2. The number of nitrogens with two attached hydrogens (primary N) is 1. The molecule has 7 heteroatoms. The van der Waals surface area contributed by atoms with Crippen LogP contribution in [0.3, 0.4) is 0 Å². The van der Waals surface area contributed by atoms with Crippen molar-refractivity contribution in [2.45, 2.75) is 0 Å². The third kappa shape index (κ3) is 4.05. The molecule has 3 rings (SSSR count). The summed E-state index contributed by atoms with van der Waals surface area (Å²) in [5, 5.41) is 3.35. The second-order valence-electron chi connectivity index (χ2n) is 6.38. The van der Waals surface area contributed by atoms with E-state index in [1.807, 2.05) is 55.4 Å². The Morgan fingerprint density at radius 1 is 1.12 bits per heavy atom. The van der Waals surface area contributed by atoms with E-state index in [2.05, 4.69) is 15.2 Å². The van der Waals surface area contributed by atoms with Crippen LogP contribution >= 0.6 is 0 Å². The number of nitrogens with one attached hydrogen (secondary N) is 1. The summed E-state index contributed by atoms with van der Waals surface area (Å²) in [7, 11) is 5.54. The number of hydrogen-bond donors (Lipinski definition) is 2. The molecular weight excluding hydrogens is 328 g/mol. The number of benzene rings is 1. The molecule has 3 N–H and O–H groups in total. The Morgan fingerprint density at radius 3 is 2.42 bits per heavy atom. The van der Waals surface area contributed by atoms with Gasteiger partial charge in [-0.05, 0) is 23.8 Å². The number of nitrogens with zero attached hydrogens (tertiary/aromatic N) is 4. The van der Waals surface area contributed by atoms with Crippen LogP contribution in [0.4, 0.5) is 17.3 Å². The summed E-state index contributed by atoms with van der Waals surface area (Å²) in [6.07, 6.45) is 3.91. The maximum absolute atomic E-state index is 6.36. The molecule has 1 saturated heterocycles. The van der Waals surface area contributed by atoms with E-state index in [4.69, 9.17) is 15.5 Å². The average Bonchev–Trinajstić information content (AvgIpc) is 2.68. The van der Waals surface area contributed by atoms with Crippen LogP contribution in [0.2, 0.25) is 0 Å². The van der Waals surface area contributed by atoms with E-state index >= 15 is 0 Å². The average molecular weight is 354 g/mol. The van der Waals surface area contributed by atoms with Gasteiger partial charge in [-0.1, -0.05) is 18.2 Å². The van der Waals surface area contributed by atoms with Crippen molar-refractivity contribution in [2.24, 2.45) is 0 Å². The third-order valence-electron chi connectivity index (χ3n) is 4.30. The minimum Gasteiger partial charge on any atom is -0.497 e. The van der Waals surface area contributed by atoms with Crippen molar-refractivity contribution in [2.75, 3.05) is 62.9 Å². The predicted octanol–water partition coefficient (Wildman–Crippen LogP) is 1.71. The first-order valence-electron chi connectivity index (χ1n) is 8.71. The largest absolute Gasteiger partial charge is 0.497 e. The Hall–Kier alpha value is -2.80. The maximum atomic E-state index is 6.36. The van der Waals surface area contributed by atoms with Crippen LogP contribution in [0.1, 0.15) is 11.4 Å². The first-order valence-corrected chi connectivity index (χ1v) is 8.71. The maximum Gasteiger partial charge on any atom is 0.158 e. The van der Waals surface area contributed by atoms with Crippen LogP contribution in [0, 0.1) is 0 Å². The van der Waals surface area contributed by atoms with Crippen molar-refractivity contribution in [1.29, 1.82) is 0 Å². The van der Waals surface area contributed by atoms with Gasteiger partial charge in [0.2, 0.25) is 0 Å². The molecule has 2 aromatic rings. The van der Waals surface area contributed by atoms with E-state index in [-0.39, 0.29) is 0 Å². The van der Waals surface area contributed by atoms with E-state index in [1.165, 1.54) is 0 Å². The smallest absolute Gasteiger partial charge is 0.158 e. The normalized spacial score (nSPS) is 14.7.